The highest BCUT2D eigenvalue weighted by Gasteiger charge is 2.50. The van der Waals surface area contributed by atoms with E-state index in [9.17, 15) is 21.6 Å². The lowest BCUT2D eigenvalue weighted by atomic mass is 9.76. The Kier molecular flexibility index (Phi) is 8.20. The second-order valence-corrected chi connectivity index (χ2v) is 15.0. The Morgan fingerprint density at radius 1 is 0.784 bits per heavy atom. The monoisotopic (exact) mass is 756 g/mol. The summed E-state index contributed by atoms with van der Waals surface area (Å²) >= 11 is 13.6. The van der Waals surface area contributed by atoms with Gasteiger partial charge in [-0.3, -0.25) is 0 Å². The fraction of sp³-hybridized carbons (Fsp3) is 0.211. The molecular weight excluding hydrogens is 728 g/mol. The largest absolute Gasteiger partial charge is 0.534 e. The van der Waals surface area contributed by atoms with Crippen LogP contribution in [0.25, 0.3) is 28.0 Å². The van der Waals surface area contributed by atoms with E-state index in [2.05, 4.69) is 4.18 Å². The fourth-order valence-corrected chi connectivity index (χ4v) is 8.11. The van der Waals surface area contributed by atoms with E-state index < -0.39 is 32.4 Å². The summed E-state index contributed by atoms with van der Waals surface area (Å²) in [6.07, 6.45) is 3.89. The molecule has 7 nitrogen and oxygen atoms in total. The van der Waals surface area contributed by atoms with Gasteiger partial charge in [-0.15, -0.1) is 0 Å². The van der Waals surface area contributed by atoms with Crippen LogP contribution in [0.2, 0.25) is 10.0 Å². The van der Waals surface area contributed by atoms with Crippen LogP contribution in [0.3, 0.4) is 0 Å². The number of fused-ring (bicyclic) bond motifs is 8. The standard InChI is InChI=1S/C38H29Cl2F3O7S/c1-36(2)28-19-30(48-5)31(50-51(44,45)38(41,42)43)18-26(28)32-27-16-22(39)17-29(40)33(27)35-25(34(32)36)14-15-37(49-35,20-6-10-23(46-3)11-7-20)21-8-12-24(47-4)13-9-21/h6-19H,1-5H3. The highest BCUT2D eigenvalue weighted by molar-refractivity contribution is 7.88. The van der Waals surface area contributed by atoms with E-state index in [0.29, 0.717) is 55.3 Å². The van der Waals surface area contributed by atoms with E-state index in [1.165, 1.54) is 19.2 Å². The van der Waals surface area contributed by atoms with Crippen LogP contribution in [0.15, 0.2) is 78.9 Å². The summed E-state index contributed by atoms with van der Waals surface area (Å²) in [5.41, 5.74) is -3.00. The number of benzene rings is 5. The Balaban J connectivity index is 1.54. The number of hydrogen-bond acceptors (Lipinski definition) is 7. The zero-order valence-electron chi connectivity index (χ0n) is 27.7. The van der Waals surface area contributed by atoms with E-state index in [4.69, 9.17) is 42.1 Å². The molecule has 1 aliphatic heterocycles. The molecule has 0 saturated carbocycles. The summed E-state index contributed by atoms with van der Waals surface area (Å²) in [6, 6.07) is 21.0. The van der Waals surface area contributed by atoms with Gasteiger partial charge in [0.05, 0.1) is 26.4 Å². The van der Waals surface area contributed by atoms with E-state index in [0.717, 1.165) is 16.7 Å². The van der Waals surface area contributed by atoms with E-state index >= 15 is 0 Å². The van der Waals surface area contributed by atoms with Gasteiger partial charge in [-0.05, 0) is 82.2 Å². The van der Waals surface area contributed by atoms with Gasteiger partial charge in [0.25, 0.3) is 0 Å². The minimum Gasteiger partial charge on any atom is -0.497 e. The molecule has 0 aromatic heterocycles. The lowest BCUT2D eigenvalue weighted by Gasteiger charge is -2.38. The molecule has 0 amide bonds. The molecule has 0 N–H and O–H groups in total. The maximum Gasteiger partial charge on any atom is 0.534 e. The van der Waals surface area contributed by atoms with Crippen molar-refractivity contribution in [3.8, 4) is 39.9 Å². The molecule has 0 bridgehead atoms. The average molecular weight is 758 g/mol. The van der Waals surface area contributed by atoms with Crippen molar-refractivity contribution >= 4 is 50.2 Å². The van der Waals surface area contributed by atoms with E-state index in [1.54, 1.807) is 26.4 Å². The van der Waals surface area contributed by atoms with Gasteiger partial charge >= 0.3 is 15.6 Å². The number of halogens is 5. The Morgan fingerprint density at radius 2 is 1.37 bits per heavy atom. The smallest absolute Gasteiger partial charge is 0.497 e. The summed E-state index contributed by atoms with van der Waals surface area (Å²) in [5, 5.41) is 1.60. The van der Waals surface area contributed by atoms with Crippen molar-refractivity contribution < 1.29 is 44.7 Å². The first-order valence-electron chi connectivity index (χ1n) is 15.5. The van der Waals surface area contributed by atoms with Gasteiger partial charge in [0, 0.05) is 32.5 Å². The van der Waals surface area contributed by atoms with Crippen LogP contribution < -0.4 is 23.1 Å². The zero-order chi connectivity index (χ0) is 36.7. The molecular formula is C38H29Cl2F3O7S. The number of methoxy groups -OCH3 is 3. The predicted molar refractivity (Wildman–Crippen MR) is 190 cm³/mol. The van der Waals surface area contributed by atoms with Crippen LogP contribution in [0.1, 0.15) is 41.7 Å². The molecule has 0 atom stereocenters. The van der Waals surface area contributed by atoms with E-state index in [-0.39, 0.29) is 10.8 Å². The van der Waals surface area contributed by atoms with Crippen LogP contribution in [-0.2, 0) is 21.1 Å². The van der Waals surface area contributed by atoms with Crippen LogP contribution in [0.4, 0.5) is 13.2 Å². The molecule has 264 valence electrons. The minimum atomic E-state index is -6.02. The van der Waals surface area contributed by atoms with Crippen molar-refractivity contribution in [3.63, 3.8) is 0 Å². The molecule has 7 rings (SSSR count). The van der Waals surface area contributed by atoms with Gasteiger partial charge in [0.15, 0.2) is 17.1 Å². The molecule has 5 aromatic carbocycles. The lowest BCUT2D eigenvalue weighted by Crippen LogP contribution is -2.35. The molecule has 1 heterocycles. The molecule has 5 aromatic rings. The second kappa shape index (κ2) is 12.0. The molecule has 0 radical (unpaired) electrons. The Hall–Kier alpha value is -4.58. The number of ether oxygens (including phenoxy) is 4. The predicted octanol–water partition coefficient (Wildman–Crippen LogP) is 10.1. The third-order valence-electron chi connectivity index (χ3n) is 9.46. The summed E-state index contributed by atoms with van der Waals surface area (Å²) in [7, 11) is -1.63. The maximum absolute atomic E-state index is 13.4. The lowest BCUT2D eigenvalue weighted by molar-refractivity contribution is -0.0500. The van der Waals surface area contributed by atoms with Gasteiger partial charge in [-0.25, -0.2) is 0 Å². The van der Waals surface area contributed by atoms with Crippen molar-refractivity contribution in [2.24, 2.45) is 0 Å². The normalized spacial score (nSPS) is 15.4. The zero-order valence-corrected chi connectivity index (χ0v) is 30.1. The number of hydrogen-bond donors (Lipinski definition) is 0. The first kappa shape index (κ1) is 34.9. The van der Waals surface area contributed by atoms with Crippen LogP contribution in [0, 0.1) is 0 Å². The minimum absolute atomic E-state index is 0.193. The molecule has 0 fully saturated rings. The Morgan fingerprint density at radius 3 is 1.90 bits per heavy atom. The van der Waals surface area contributed by atoms with Crippen molar-refractivity contribution in [1.29, 1.82) is 0 Å². The van der Waals surface area contributed by atoms with Crippen LogP contribution >= 0.6 is 23.2 Å². The third-order valence-corrected chi connectivity index (χ3v) is 10.9. The summed E-state index contributed by atoms with van der Waals surface area (Å²) < 4.78 is 92.7. The molecule has 1 aliphatic carbocycles. The molecule has 0 spiro atoms. The van der Waals surface area contributed by atoms with Gasteiger partial charge in [-0.1, -0.05) is 67.4 Å². The summed E-state index contributed by atoms with van der Waals surface area (Å²) in [6.45, 7) is 3.90. The highest BCUT2D eigenvalue weighted by atomic mass is 35.5. The summed E-state index contributed by atoms with van der Waals surface area (Å²) in [5.74, 6) is 0.947. The molecule has 0 saturated heterocycles. The fourth-order valence-electron chi connectivity index (χ4n) is 7.07. The number of rotatable bonds is 7. The quantitative estimate of drug-likeness (QED) is 0.121. The van der Waals surface area contributed by atoms with Crippen LogP contribution in [0.5, 0.6) is 28.7 Å². The maximum atomic E-state index is 13.4. The van der Waals surface area contributed by atoms with E-state index in [1.807, 2.05) is 74.5 Å². The van der Waals surface area contributed by atoms with Crippen LogP contribution in [-0.4, -0.2) is 35.3 Å². The second-order valence-electron chi connectivity index (χ2n) is 12.6. The van der Waals surface area contributed by atoms with Gasteiger partial charge < -0.3 is 23.1 Å². The average Bonchev–Trinajstić information content (AvgIpc) is 3.32. The van der Waals surface area contributed by atoms with Gasteiger partial charge in [0.1, 0.15) is 17.2 Å². The first-order valence-corrected chi connectivity index (χ1v) is 17.6. The van der Waals surface area contributed by atoms with Gasteiger partial charge in [0.2, 0.25) is 0 Å². The third kappa shape index (κ3) is 5.36. The SMILES string of the molecule is COc1ccc(C2(c3ccc(OC)cc3)C=Cc3c4c(c5cc(Cl)cc(Cl)c5c3O2)-c2cc(OS(=O)(=O)C(F)(F)F)c(OC)cc2C4(C)C)cc1. The molecule has 51 heavy (non-hydrogen) atoms. The molecule has 13 heteroatoms. The van der Waals surface area contributed by atoms with Crippen molar-refractivity contribution in [2.45, 2.75) is 30.4 Å². The Labute approximate surface area is 302 Å². The summed E-state index contributed by atoms with van der Waals surface area (Å²) in [4.78, 5) is 0. The van der Waals surface area contributed by atoms with Gasteiger partial charge in [-0.2, -0.15) is 21.6 Å². The van der Waals surface area contributed by atoms with Crippen molar-refractivity contribution in [1.82, 2.24) is 0 Å². The topological polar surface area (TPSA) is 80.3 Å². The van der Waals surface area contributed by atoms with Crippen molar-refractivity contribution in [2.75, 3.05) is 21.3 Å². The van der Waals surface area contributed by atoms with Crippen molar-refractivity contribution in [3.05, 3.63) is 117 Å². The Bertz CT molecular complexity index is 2320. The highest BCUT2D eigenvalue weighted by Crippen LogP contribution is 2.60. The number of alkyl halides is 3. The molecule has 2 aliphatic rings. The molecule has 0 unspecified atom stereocenters. The first-order chi connectivity index (χ1) is 24.1.